The SMILES string of the molecule is CCCCCCCCOC1(C(=O)O)C=CC(c2ccccc2-c2ccc(CCCCC)cc2F)=CC1. The van der Waals surface area contributed by atoms with Crippen LogP contribution < -0.4 is 0 Å². The first-order chi connectivity index (χ1) is 17.5. The molecule has 1 unspecified atom stereocenters. The summed E-state index contributed by atoms with van der Waals surface area (Å²) in [6.45, 7) is 4.78. The summed E-state index contributed by atoms with van der Waals surface area (Å²) in [7, 11) is 0. The molecule has 0 aliphatic heterocycles. The van der Waals surface area contributed by atoms with Gasteiger partial charge in [0, 0.05) is 18.6 Å². The lowest BCUT2D eigenvalue weighted by Gasteiger charge is -2.28. The molecule has 0 aromatic heterocycles. The number of halogens is 1. The lowest BCUT2D eigenvalue weighted by Crippen LogP contribution is -2.40. The van der Waals surface area contributed by atoms with Crippen LogP contribution >= 0.6 is 0 Å². The highest BCUT2D eigenvalue weighted by atomic mass is 19.1. The van der Waals surface area contributed by atoms with Crippen molar-refractivity contribution < 1.29 is 19.0 Å². The molecule has 2 aromatic carbocycles. The normalized spacial score (nSPS) is 17.2. The molecule has 0 heterocycles. The average Bonchev–Trinajstić information content (AvgIpc) is 2.89. The van der Waals surface area contributed by atoms with E-state index < -0.39 is 11.6 Å². The van der Waals surface area contributed by atoms with Crippen molar-refractivity contribution in [2.24, 2.45) is 0 Å². The second-order valence-corrected chi connectivity index (χ2v) is 9.82. The van der Waals surface area contributed by atoms with Gasteiger partial charge >= 0.3 is 5.97 Å². The van der Waals surface area contributed by atoms with Gasteiger partial charge in [-0.05, 0) is 53.7 Å². The lowest BCUT2D eigenvalue weighted by molar-refractivity contribution is -0.159. The molecule has 0 saturated carbocycles. The van der Waals surface area contributed by atoms with E-state index in [4.69, 9.17) is 4.74 Å². The van der Waals surface area contributed by atoms with Crippen molar-refractivity contribution in [2.45, 2.75) is 90.1 Å². The highest BCUT2D eigenvalue weighted by Gasteiger charge is 2.38. The van der Waals surface area contributed by atoms with E-state index in [-0.39, 0.29) is 12.2 Å². The average molecular weight is 493 g/mol. The number of ether oxygens (including phenoxy) is 1. The monoisotopic (exact) mass is 492 g/mol. The Hall–Kier alpha value is -2.72. The summed E-state index contributed by atoms with van der Waals surface area (Å²) in [5, 5.41) is 9.94. The van der Waals surface area contributed by atoms with Crippen molar-refractivity contribution in [3.05, 3.63) is 77.6 Å². The number of carbonyl (C=O) groups is 1. The number of unbranched alkanes of at least 4 members (excludes halogenated alkanes) is 7. The van der Waals surface area contributed by atoms with Gasteiger partial charge in [0.2, 0.25) is 0 Å². The van der Waals surface area contributed by atoms with Gasteiger partial charge in [0.1, 0.15) is 5.82 Å². The second kappa shape index (κ2) is 14.1. The molecule has 194 valence electrons. The molecule has 1 atom stereocenters. The standard InChI is InChI=1S/C32H41FO3/c1-3-5-7-8-9-13-23-36-32(31(34)35)21-19-26(20-22-32)27-15-11-12-16-28(27)29-18-17-25(24-30(29)33)14-10-6-4-2/h11-12,15-21,24H,3-10,13-14,22-23H2,1-2H3,(H,34,35). The number of aryl methyl sites for hydroxylation is 1. The topological polar surface area (TPSA) is 46.5 Å². The van der Waals surface area contributed by atoms with Crippen molar-refractivity contribution in [1.82, 2.24) is 0 Å². The number of rotatable bonds is 15. The lowest BCUT2D eigenvalue weighted by atomic mass is 9.86. The highest BCUT2D eigenvalue weighted by molar-refractivity contribution is 5.89. The first kappa shape index (κ1) is 27.9. The zero-order valence-electron chi connectivity index (χ0n) is 21.9. The molecule has 3 rings (SSSR count). The third-order valence-electron chi connectivity index (χ3n) is 7.01. The predicted octanol–water partition coefficient (Wildman–Crippen LogP) is 8.77. The number of benzene rings is 2. The van der Waals surface area contributed by atoms with E-state index in [1.165, 1.54) is 19.3 Å². The summed E-state index contributed by atoms with van der Waals surface area (Å²) in [6.07, 6.45) is 16.6. The van der Waals surface area contributed by atoms with E-state index in [0.29, 0.717) is 12.2 Å². The Balaban J connectivity index is 1.72. The van der Waals surface area contributed by atoms with E-state index in [2.05, 4.69) is 13.8 Å². The highest BCUT2D eigenvalue weighted by Crippen LogP contribution is 2.36. The van der Waals surface area contributed by atoms with Crippen LogP contribution in [-0.4, -0.2) is 23.3 Å². The Labute approximate surface area is 216 Å². The third kappa shape index (κ3) is 7.39. The van der Waals surface area contributed by atoms with Gasteiger partial charge in [0.25, 0.3) is 0 Å². The molecule has 0 fully saturated rings. The van der Waals surface area contributed by atoms with E-state index in [1.807, 2.05) is 48.6 Å². The molecular weight excluding hydrogens is 451 g/mol. The summed E-state index contributed by atoms with van der Waals surface area (Å²) >= 11 is 0. The molecule has 0 radical (unpaired) electrons. The first-order valence-corrected chi connectivity index (χ1v) is 13.7. The maximum atomic E-state index is 15.2. The van der Waals surface area contributed by atoms with Crippen LogP contribution in [0, 0.1) is 5.82 Å². The Kier molecular flexibility index (Phi) is 10.9. The number of carboxylic acids is 1. The molecule has 2 aromatic rings. The second-order valence-electron chi connectivity index (χ2n) is 9.82. The quantitative estimate of drug-likeness (QED) is 0.253. The zero-order valence-corrected chi connectivity index (χ0v) is 21.9. The van der Waals surface area contributed by atoms with Crippen LogP contribution in [-0.2, 0) is 16.0 Å². The van der Waals surface area contributed by atoms with Crippen LogP contribution in [0.3, 0.4) is 0 Å². The van der Waals surface area contributed by atoms with Gasteiger partial charge in [-0.1, -0.05) is 107 Å². The summed E-state index contributed by atoms with van der Waals surface area (Å²) in [6, 6.07) is 13.3. The van der Waals surface area contributed by atoms with Gasteiger partial charge < -0.3 is 9.84 Å². The fourth-order valence-corrected chi connectivity index (χ4v) is 4.77. The van der Waals surface area contributed by atoms with Gasteiger partial charge in [-0.3, -0.25) is 0 Å². The van der Waals surface area contributed by atoms with E-state index >= 15 is 4.39 Å². The van der Waals surface area contributed by atoms with Crippen LogP contribution in [0.1, 0.15) is 89.2 Å². The summed E-state index contributed by atoms with van der Waals surface area (Å²) in [5.41, 5.74) is 2.83. The fourth-order valence-electron chi connectivity index (χ4n) is 4.77. The first-order valence-electron chi connectivity index (χ1n) is 13.7. The Morgan fingerprint density at radius 3 is 2.28 bits per heavy atom. The fraction of sp³-hybridized carbons (Fsp3) is 0.469. The van der Waals surface area contributed by atoms with Crippen LogP contribution in [0.25, 0.3) is 16.7 Å². The van der Waals surface area contributed by atoms with Gasteiger partial charge in [0.15, 0.2) is 5.60 Å². The Morgan fingerprint density at radius 2 is 1.61 bits per heavy atom. The van der Waals surface area contributed by atoms with Crippen molar-refractivity contribution in [3.63, 3.8) is 0 Å². The molecule has 0 bridgehead atoms. The summed E-state index contributed by atoms with van der Waals surface area (Å²) in [4.78, 5) is 12.1. The number of hydrogen-bond donors (Lipinski definition) is 1. The van der Waals surface area contributed by atoms with E-state index in [9.17, 15) is 9.90 Å². The largest absolute Gasteiger partial charge is 0.479 e. The number of carboxylic acid groups (broad SMARTS) is 1. The van der Waals surface area contributed by atoms with Crippen LogP contribution in [0.15, 0.2) is 60.7 Å². The van der Waals surface area contributed by atoms with Gasteiger partial charge in [-0.2, -0.15) is 0 Å². The van der Waals surface area contributed by atoms with E-state index in [0.717, 1.165) is 67.2 Å². The minimum atomic E-state index is -1.34. The molecule has 0 amide bonds. The number of aliphatic carboxylic acids is 1. The van der Waals surface area contributed by atoms with Crippen molar-refractivity contribution in [1.29, 1.82) is 0 Å². The maximum absolute atomic E-state index is 15.2. The molecule has 0 saturated heterocycles. The number of allylic oxidation sites excluding steroid dienone is 2. The van der Waals surface area contributed by atoms with Crippen molar-refractivity contribution in [3.8, 4) is 11.1 Å². The Bertz CT molecular complexity index is 1060. The van der Waals surface area contributed by atoms with Crippen LogP contribution in [0.5, 0.6) is 0 Å². The molecule has 36 heavy (non-hydrogen) atoms. The third-order valence-corrected chi connectivity index (χ3v) is 7.01. The minimum Gasteiger partial charge on any atom is -0.479 e. The minimum absolute atomic E-state index is 0.223. The molecule has 0 spiro atoms. The van der Waals surface area contributed by atoms with Crippen molar-refractivity contribution in [2.75, 3.05) is 6.61 Å². The van der Waals surface area contributed by atoms with Gasteiger partial charge in [0.05, 0.1) is 0 Å². The summed E-state index contributed by atoms with van der Waals surface area (Å²) in [5.74, 6) is -1.20. The van der Waals surface area contributed by atoms with Gasteiger partial charge in [-0.25, -0.2) is 9.18 Å². The van der Waals surface area contributed by atoms with Crippen LogP contribution in [0.4, 0.5) is 4.39 Å². The van der Waals surface area contributed by atoms with Gasteiger partial charge in [-0.15, -0.1) is 0 Å². The Morgan fingerprint density at radius 1 is 0.917 bits per heavy atom. The maximum Gasteiger partial charge on any atom is 0.340 e. The molecule has 3 nitrogen and oxygen atoms in total. The molecule has 1 N–H and O–H groups in total. The smallest absolute Gasteiger partial charge is 0.340 e. The number of hydrogen-bond acceptors (Lipinski definition) is 2. The zero-order chi connectivity index (χ0) is 25.8. The van der Waals surface area contributed by atoms with E-state index in [1.54, 1.807) is 12.1 Å². The molecule has 1 aliphatic rings. The summed E-state index contributed by atoms with van der Waals surface area (Å²) < 4.78 is 21.1. The molecule has 1 aliphatic carbocycles. The van der Waals surface area contributed by atoms with Crippen molar-refractivity contribution >= 4 is 11.5 Å². The predicted molar refractivity (Wildman–Crippen MR) is 146 cm³/mol. The van der Waals surface area contributed by atoms with Crippen LogP contribution in [0.2, 0.25) is 0 Å². The molecule has 4 heteroatoms. The molecular formula is C32H41FO3.